The zero-order chi connectivity index (χ0) is 24.1. The molecule has 174 valence electrons. The molecular weight excluding hydrogens is 456 g/mol. The van der Waals surface area contributed by atoms with Crippen LogP contribution in [0.3, 0.4) is 0 Å². The SMILES string of the molecule is CCN(CC)S(=O)(=O)c1ccc(Cl)c(NC(=O)C(C)OC(=O)c2ccc(C)c(OC)c2)c1. The number of hydrogen-bond donors (Lipinski definition) is 1. The summed E-state index contributed by atoms with van der Waals surface area (Å²) in [5.74, 6) is -0.832. The molecule has 1 atom stereocenters. The number of carbonyl (C=O) groups is 2. The topological polar surface area (TPSA) is 102 Å². The van der Waals surface area contributed by atoms with E-state index in [1.165, 1.54) is 42.6 Å². The Morgan fingerprint density at radius 3 is 2.38 bits per heavy atom. The maximum atomic E-state index is 12.7. The summed E-state index contributed by atoms with van der Waals surface area (Å²) in [6.07, 6.45) is -1.16. The van der Waals surface area contributed by atoms with Gasteiger partial charge in [0.15, 0.2) is 6.10 Å². The Bertz CT molecular complexity index is 1100. The highest BCUT2D eigenvalue weighted by Gasteiger charge is 2.24. The molecule has 0 saturated heterocycles. The van der Waals surface area contributed by atoms with Crippen molar-refractivity contribution in [3.05, 3.63) is 52.5 Å². The fourth-order valence-corrected chi connectivity index (χ4v) is 4.59. The highest BCUT2D eigenvalue weighted by molar-refractivity contribution is 7.89. The molecule has 8 nitrogen and oxygen atoms in total. The first-order valence-corrected chi connectivity index (χ1v) is 11.8. The van der Waals surface area contributed by atoms with E-state index >= 15 is 0 Å². The first kappa shape index (κ1) is 25.6. The van der Waals surface area contributed by atoms with Crippen molar-refractivity contribution < 1.29 is 27.5 Å². The lowest BCUT2D eigenvalue weighted by atomic mass is 10.1. The minimum atomic E-state index is -3.74. The Morgan fingerprint density at radius 1 is 1.12 bits per heavy atom. The minimum absolute atomic E-state index is 0.00250. The third-order valence-corrected chi connectivity index (χ3v) is 7.21. The van der Waals surface area contributed by atoms with Crippen LogP contribution in [0.1, 0.15) is 36.7 Å². The molecule has 1 unspecified atom stereocenters. The van der Waals surface area contributed by atoms with Gasteiger partial charge < -0.3 is 14.8 Å². The highest BCUT2D eigenvalue weighted by Crippen LogP contribution is 2.27. The Labute approximate surface area is 193 Å². The van der Waals surface area contributed by atoms with Crippen LogP contribution in [0.15, 0.2) is 41.3 Å². The standard InChI is InChI=1S/C22H27ClN2O6S/c1-6-25(7-2)32(28,29)17-10-11-18(23)19(13-17)24-21(26)15(4)31-22(27)16-9-8-14(3)20(12-16)30-5/h8-13,15H,6-7H2,1-5H3,(H,24,26). The van der Waals surface area contributed by atoms with Crippen LogP contribution in [0.4, 0.5) is 5.69 Å². The highest BCUT2D eigenvalue weighted by atomic mass is 35.5. The largest absolute Gasteiger partial charge is 0.496 e. The van der Waals surface area contributed by atoms with Gasteiger partial charge in [-0.05, 0) is 49.7 Å². The lowest BCUT2D eigenvalue weighted by Crippen LogP contribution is -2.31. The molecule has 0 aliphatic heterocycles. The molecule has 0 aliphatic rings. The second kappa shape index (κ2) is 10.8. The number of carbonyl (C=O) groups excluding carboxylic acids is 2. The second-order valence-corrected chi connectivity index (χ2v) is 9.30. The van der Waals surface area contributed by atoms with Crippen LogP contribution in [0, 0.1) is 6.92 Å². The molecule has 0 bridgehead atoms. The lowest BCUT2D eigenvalue weighted by Gasteiger charge is -2.19. The minimum Gasteiger partial charge on any atom is -0.496 e. The number of ether oxygens (including phenoxy) is 2. The molecule has 0 saturated carbocycles. The van der Waals surface area contributed by atoms with Gasteiger partial charge in [0.25, 0.3) is 5.91 Å². The zero-order valence-electron chi connectivity index (χ0n) is 18.6. The van der Waals surface area contributed by atoms with Crippen molar-refractivity contribution in [3.8, 4) is 5.75 Å². The van der Waals surface area contributed by atoms with E-state index in [1.54, 1.807) is 26.0 Å². The Morgan fingerprint density at radius 2 is 1.78 bits per heavy atom. The zero-order valence-corrected chi connectivity index (χ0v) is 20.2. The van der Waals surface area contributed by atoms with Crippen molar-refractivity contribution in [2.45, 2.75) is 38.7 Å². The number of anilines is 1. The monoisotopic (exact) mass is 482 g/mol. The van der Waals surface area contributed by atoms with Crippen LogP contribution < -0.4 is 10.1 Å². The number of sulfonamides is 1. The summed E-state index contributed by atoms with van der Waals surface area (Å²) in [6.45, 7) is 7.32. The predicted octanol–water partition coefficient (Wildman–Crippen LogP) is 3.87. The second-order valence-electron chi connectivity index (χ2n) is 6.95. The molecular formula is C22H27ClN2O6S. The molecule has 10 heteroatoms. The van der Waals surface area contributed by atoms with Gasteiger partial charge in [-0.1, -0.05) is 31.5 Å². The third-order valence-electron chi connectivity index (χ3n) is 4.84. The Kier molecular flexibility index (Phi) is 8.65. The van der Waals surface area contributed by atoms with Crippen molar-refractivity contribution in [1.29, 1.82) is 0 Å². The Balaban J connectivity index is 2.17. The number of rotatable bonds is 9. The summed E-state index contributed by atoms with van der Waals surface area (Å²) >= 11 is 6.15. The number of aryl methyl sites for hydroxylation is 1. The number of hydrogen-bond acceptors (Lipinski definition) is 6. The summed E-state index contributed by atoms with van der Waals surface area (Å²) in [5, 5.41) is 2.68. The molecule has 0 aromatic heterocycles. The predicted molar refractivity (Wildman–Crippen MR) is 123 cm³/mol. The molecule has 1 N–H and O–H groups in total. The first-order chi connectivity index (χ1) is 15.0. The van der Waals surface area contributed by atoms with Crippen molar-refractivity contribution in [2.24, 2.45) is 0 Å². The van der Waals surface area contributed by atoms with Crippen LogP contribution in [-0.4, -0.2) is 50.9 Å². The number of esters is 1. The number of methoxy groups -OCH3 is 1. The summed E-state index contributed by atoms with van der Waals surface area (Å²) < 4.78 is 37.2. The average molecular weight is 483 g/mol. The van der Waals surface area contributed by atoms with E-state index in [1.807, 2.05) is 6.92 Å². The molecule has 2 rings (SSSR count). The van der Waals surface area contributed by atoms with E-state index in [0.29, 0.717) is 18.8 Å². The van der Waals surface area contributed by atoms with Crippen LogP contribution in [-0.2, 0) is 19.6 Å². The fraction of sp³-hybridized carbons (Fsp3) is 0.364. The van der Waals surface area contributed by atoms with Gasteiger partial charge in [-0.3, -0.25) is 4.79 Å². The van der Waals surface area contributed by atoms with Gasteiger partial charge in [0.1, 0.15) is 5.75 Å². The van der Waals surface area contributed by atoms with Gasteiger partial charge >= 0.3 is 5.97 Å². The van der Waals surface area contributed by atoms with Crippen molar-refractivity contribution in [2.75, 3.05) is 25.5 Å². The summed E-state index contributed by atoms with van der Waals surface area (Å²) in [6, 6.07) is 8.86. The van der Waals surface area contributed by atoms with E-state index < -0.39 is 28.0 Å². The van der Waals surface area contributed by atoms with Crippen LogP contribution in [0.5, 0.6) is 5.75 Å². The molecule has 1 amide bonds. The quantitative estimate of drug-likeness (QED) is 0.544. The van der Waals surface area contributed by atoms with Gasteiger partial charge in [0, 0.05) is 13.1 Å². The maximum Gasteiger partial charge on any atom is 0.339 e. The number of benzene rings is 2. The molecule has 0 fully saturated rings. The molecule has 0 heterocycles. The lowest BCUT2D eigenvalue weighted by molar-refractivity contribution is -0.123. The number of halogens is 1. The Hall–Kier alpha value is -2.62. The van der Waals surface area contributed by atoms with Crippen LogP contribution >= 0.6 is 11.6 Å². The number of nitrogens with zero attached hydrogens (tertiary/aromatic N) is 1. The molecule has 0 radical (unpaired) electrons. The first-order valence-electron chi connectivity index (χ1n) is 10.0. The molecule has 0 aliphatic carbocycles. The average Bonchev–Trinajstić information content (AvgIpc) is 2.75. The summed E-state index contributed by atoms with van der Waals surface area (Å²) in [7, 11) is -2.24. The van der Waals surface area contributed by atoms with E-state index in [2.05, 4.69) is 5.32 Å². The van der Waals surface area contributed by atoms with E-state index in [4.69, 9.17) is 21.1 Å². The van der Waals surface area contributed by atoms with Gasteiger partial charge in [-0.15, -0.1) is 0 Å². The van der Waals surface area contributed by atoms with Crippen LogP contribution in [0.25, 0.3) is 0 Å². The molecule has 32 heavy (non-hydrogen) atoms. The van der Waals surface area contributed by atoms with Gasteiger partial charge in [-0.2, -0.15) is 4.31 Å². The summed E-state index contributed by atoms with van der Waals surface area (Å²) in [4.78, 5) is 25.0. The van der Waals surface area contributed by atoms with Crippen molar-refractivity contribution >= 4 is 39.2 Å². The van der Waals surface area contributed by atoms with Crippen LogP contribution in [0.2, 0.25) is 5.02 Å². The van der Waals surface area contributed by atoms with Gasteiger partial charge in [-0.25, -0.2) is 13.2 Å². The number of amides is 1. The normalized spacial score (nSPS) is 12.3. The van der Waals surface area contributed by atoms with Gasteiger partial charge in [0.2, 0.25) is 10.0 Å². The summed E-state index contributed by atoms with van der Waals surface area (Å²) in [5.41, 5.74) is 1.19. The smallest absolute Gasteiger partial charge is 0.339 e. The van der Waals surface area contributed by atoms with Crippen molar-refractivity contribution in [1.82, 2.24) is 4.31 Å². The van der Waals surface area contributed by atoms with Crippen molar-refractivity contribution in [3.63, 3.8) is 0 Å². The van der Waals surface area contributed by atoms with E-state index in [9.17, 15) is 18.0 Å². The maximum absolute atomic E-state index is 12.7. The third kappa shape index (κ3) is 5.79. The molecule has 0 spiro atoms. The van der Waals surface area contributed by atoms with E-state index in [0.717, 1.165) is 5.56 Å². The van der Waals surface area contributed by atoms with E-state index in [-0.39, 0.29) is 21.2 Å². The number of nitrogens with one attached hydrogen (secondary N) is 1. The fourth-order valence-electron chi connectivity index (χ4n) is 2.94. The molecule has 2 aromatic carbocycles. The van der Waals surface area contributed by atoms with Gasteiger partial charge in [0.05, 0.1) is 28.3 Å². The molecule has 2 aromatic rings.